The van der Waals surface area contributed by atoms with Crippen molar-refractivity contribution in [2.24, 2.45) is 0 Å². The number of carbonyl (C=O) groups is 1. The minimum absolute atomic E-state index is 0.126. The summed E-state index contributed by atoms with van der Waals surface area (Å²) in [7, 11) is 0. The van der Waals surface area contributed by atoms with Gasteiger partial charge in [-0.3, -0.25) is 4.79 Å². The summed E-state index contributed by atoms with van der Waals surface area (Å²) < 4.78 is 0. The smallest absolute Gasteiger partial charge is 0.251 e. The Morgan fingerprint density at radius 3 is 2.78 bits per heavy atom. The highest BCUT2D eigenvalue weighted by Gasteiger charge is 2.20. The van der Waals surface area contributed by atoms with Crippen LogP contribution in [0.25, 0.3) is 0 Å². The molecule has 0 aliphatic rings. The lowest BCUT2D eigenvalue weighted by atomic mass is 10.1. The second-order valence-electron chi connectivity index (χ2n) is 4.39. The molecule has 1 rings (SSSR count). The van der Waals surface area contributed by atoms with Crippen LogP contribution in [0.1, 0.15) is 17.3 Å². The number of hydrogen-bond acceptors (Lipinski definition) is 5. The molecule has 0 heterocycles. The van der Waals surface area contributed by atoms with Gasteiger partial charge in [0.25, 0.3) is 5.91 Å². The second kappa shape index (κ2) is 5.97. The summed E-state index contributed by atoms with van der Waals surface area (Å²) in [4.78, 5) is 11.8. The fraction of sp³-hybridized carbons (Fsp3) is 0.417. The van der Waals surface area contributed by atoms with Gasteiger partial charge in [-0.15, -0.1) is 0 Å². The Morgan fingerprint density at radius 2 is 2.22 bits per heavy atom. The zero-order valence-corrected chi connectivity index (χ0v) is 11.3. The van der Waals surface area contributed by atoms with E-state index in [0.717, 1.165) is 0 Å². The van der Waals surface area contributed by atoms with Crippen molar-refractivity contribution in [3.63, 3.8) is 0 Å². The highest BCUT2D eigenvalue weighted by molar-refractivity contribution is 7.98. The van der Waals surface area contributed by atoms with E-state index in [4.69, 9.17) is 5.73 Å². The molecule has 0 aromatic heterocycles. The Labute approximate surface area is 110 Å². The van der Waals surface area contributed by atoms with Gasteiger partial charge in [0.1, 0.15) is 5.75 Å². The third-order valence-corrected chi connectivity index (χ3v) is 3.29. The summed E-state index contributed by atoms with van der Waals surface area (Å²) in [5.74, 6) is 0.0467. The molecule has 0 aliphatic carbocycles. The molecule has 18 heavy (non-hydrogen) atoms. The van der Waals surface area contributed by atoms with Gasteiger partial charge in [-0.2, -0.15) is 11.8 Å². The van der Waals surface area contributed by atoms with Crippen molar-refractivity contribution in [1.29, 1.82) is 0 Å². The summed E-state index contributed by atoms with van der Waals surface area (Å²) in [6.45, 7) is 1.81. The van der Waals surface area contributed by atoms with E-state index in [9.17, 15) is 15.0 Å². The summed E-state index contributed by atoms with van der Waals surface area (Å²) in [5.41, 5.74) is 5.02. The number of phenols is 1. The molecule has 1 aromatic rings. The molecule has 100 valence electrons. The van der Waals surface area contributed by atoms with Crippen LogP contribution in [-0.4, -0.2) is 40.3 Å². The van der Waals surface area contributed by atoms with E-state index >= 15 is 0 Å². The summed E-state index contributed by atoms with van der Waals surface area (Å²) >= 11 is 1.50. The Hall–Kier alpha value is -1.40. The lowest BCUT2D eigenvalue weighted by molar-refractivity contribution is 0.0725. The van der Waals surface area contributed by atoms with E-state index in [1.807, 2.05) is 6.26 Å². The van der Waals surface area contributed by atoms with Gasteiger partial charge in [-0.25, -0.2) is 0 Å². The van der Waals surface area contributed by atoms with Gasteiger partial charge in [0.15, 0.2) is 0 Å². The molecule has 0 aliphatic heterocycles. The standard InChI is InChI=1S/C12H18N2O3S/c1-12(17,7-18-2)6-14-11(16)8-3-4-9(13)10(15)5-8/h3-5,15,17H,6-7,13H2,1-2H3,(H,14,16). The van der Waals surface area contributed by atoms with Gasteiger partial charge in [0.05, 0.1) is 11.3 Å². The molecule has 5 nitrogen and oxygen atoms in total. The number of thioether (sulfide) groups is 1. The number of benzene rings is 1. The van der Waals surface area contributed by atoms with Crippen LogP contribution in [0.5, 0.6) is 5.75 Å². The third kappa shape index (κ3) is 4.12. The van der Waals surface area contributed by atoms with Crippen molar-refractivity contribution in [3.05, 3.63) is 23.8 Å². The SMILES string of the molecule is CSCC(C)(O)CNC(=O)c1ccc(N)c(O)c1. The van der Waals surface area contributed by atoms with Crippen LogP contribution in [0.15, 0.2) is 18.2 Å². The number of nitrogens with one attached hydrogen (secondary N) is 1. The van der Waals surface area contributed by atoms with Crippen molar-refractivity contribution in [1.82, 2.24) is 5.32 Å². The van der Waals surface area contributed by atoms with Crippen LogP contribution in [0.4, 0.5) is 5.69 Å². The Morgan fingerprint density at radius 1 is 1.56 bits per heavy atom. The number of carbonyl (C=O) groups excluding carboxylic acids is 1. The van der Waals surface area contributed by atoms with Crippen molar-refractivity contribution in [3.8, 4) is 5.75 Å². The minimum Gasteiger partial charge on any atom is -0.506 e. The lowest BCUT2D eigenvalue weighted by Crippen LogP contribution is -2.42. The van der Waals surface area contributed by atoms with Crippen LogP contribution in [0, 0.1) is 0 Å². The average Bonchev–Trinajstić information content (AvgIpc) is 2.30. The maximum absolute atomic E-state index is 11.8. The number of nitrogens with two attached hydrogens (primary N) is 1. The molecular formula is C12H18N2O3S. The molecule has 0 radical (unpaired) electrons. The Balaban J connectivity index is 2.63. The van der Waals surface area contributed by atoms with Crippen molar-refractivity contribution in [2.75, 3.05) is 24.3 Å². The first-order chi connectivity index (χ1) is 8.35. The molecule has 0 spiro atoms. The van der Waals surface area contributed by atoms with E-state index in [-0.39, 0.29) is 23.9 Å². The van der Waals surface area contributed by atoms with E-state index in [0.29, 0.717) is 11.3 Å². The molecule has 0 saturated carbocycles. The van der Waals surface area contributed by atoms with Crippen LogP contribution in [-0.2, 0) is 0 Å². The molecule has 6 heteroatoms. The highest BCUT2D eigenvalue weighted by Crippen LogP contribution is 2.20. The van der Waals surface area contributed by atoms with Gasteiger partial charge in [0, 0.05) is 17.9 Å². The maximum Gasteiger partial charge on any atom is 0.251 e. The number of nitrogen functional groups attached to an aromatic ring is 1. The molecule has 1 amide bonds. The van der Waals surface area contributed by atoms with Crippen molar-refractivity contribution >= 4 is 23.4 Å². The van der Waals surface area contributed by atoms with Crippen LogP contribution in [0.2, 0.25) is 0 Å². The predicted octanol–water partition coefficient (Wildman–Crippen LogP) is 0.818. The number of hydrogen-bond donors (Lipinski definition) is 4. The second-order valence-corrected chi connectivity index (χ2v) is 5.25. The Kier molecular flexibility index (Phi) is 4.86. The number of aliphatic hydroxyl groups is 1. The first-order valence-corrected chi connectivity index (χ1v) is 6.83. The molecule has 5 N–H and O–H groups in total. The average molecular weight is 270 g/mol. The molecule has 1 unspecified atom stereocenters. The van der Waals surface area contributed by atoms with Gasteiger partial charge in [-0.1, -0.05) is 0 Å². The number of rotatable bonds is 5. The van der Waals surface area contributed by atoms with Crippen LogP contribution < -0.4 is 11.1 Å². The summed E-state index contributed by atoms with van der Waals surface area (Å²) in [5, 5.41) is 21.9. The number of anilines is 1. The quantitative estimate of drug-likeness (QED) is 0.469. The zero-order valence-electron chi connectivity index (χ0n) is 10.4. The van der Waals surface area contributed by atoms with Crippen LogP contribution in [0.3, 0.4) is 0 Å². The largest absolute Gasteiger partial charge is 0.506 e. The fourth-order valence-electron chi connectivity index (χ4n) is 1.42. The monoisotopic (exact) mass is 270 g/mol. The number of aromatic hydroxyl groups is 1. The molecule has 0 fully saturated rings. The van der Waals surface area contributed by atoms with Gasteiger partial charge < -0.3 is 21.3 Å². The van der Waals surface area contributed by atoms with Crippen molar-refractivity contribution < 1.29 is 15.0 Å². The van der Waals surface area contributed by atoms with E-state index < -0.39 is 5.60 Å². The third-order valence-electron chi connectivity index (χ3n) is 2.38. The van der Waals surface area contributed by atoms with E-state index in [1.165, 1.54) is 30.0 Å². The molecule has 1 aromatic carbocycles. The number of amides is 1. The van der Waals surface area contributed by atoms with E-state index in [1.54, 1.807) is 6.92 Å². The molecule has 1 atom stereocenters. The Bertz CT molecular complexity index is 435. The van der Waals surface area contributed by atoms with Gasteiger partial charge in [0.2, 0.25) is 0 Å². The van der Waals surface area contributed by atoms with Crippen LogP contribution >= 0.6 is 11.8 Å². The maximum atomic E-state index is 11.8. The van der Waals surface area contributed by atoms with Gasteiger partial charge in [-0.05, 0) is 31.4 Å². The molecular weight excluding hydrogens is 252 g/mol. The summed E-state index contributed by atoms with van der Waals surface area (Å²) in [6.07, 6.45) is 1.88. The normalized spacial score (nSPS) is 13.9. The zero-order chi connectivity index (χ0) is 13.8. The van der Waals surface area contributed by atoms with Crippen molar-refractivity contribution in [2.45, 2.75) is 12.5 Å². The lowest BCUT2D eigenvalue weighted by Gasteiger charge is -2.22. The van der Waals surface area contributed by atoms with Gasteiger partial charge >= 0.3 is 0 Å². The first kappa shape index (κ1) is 14.7. The fourth-order valence-corrected chi connectivity index (χ4v) is 2.14. The number of phenolic OH excluding ortho intramolecular Hbond substituents is 1. The molecule has 0 bridgehead atoms. The summed E-state index contributed by atoms with van der Waals surface area (Å²) in [6, 6.07) is 4.28. The minimum atomic E-state index is -0.953. The first-order valence-electron chi connectivity index (χ1n) is 5.44. The topological polar surface area (TPSA) is 95.6 Å². The molecule has 0 saturated heterocycles. The predicted molar refractivity (Wildman–Crippen MR) is 73.9 cm³/mol. The highest BCUT2D eigenvalue weighted by atomic mass is 32.2. The van der Waals surface area contributed by atoms with E-state index in [2.05, 4.69) is 5.32 Å².